The zero-order chi connectivity index (χ0) is 23.7. The number of nitrogens with zero attached hydrogens (tertiary/aromatic N) is 1. The lowest BCUT2D eigenvalue weighted by atomic mass is 9.86. The molecule has 0 aliphatic carbocycles. The summed E-state index contributed by atoms with van der Waals surface area (Å²) in [4.78, 5) is 24.6. The van der Waals surface area contributed by atoms with E-state index in [2.05, 4.69) is 5.32 Å². The predicted molar refractivity (Wildman–Crippen MR) is 123 cm³/mol. The van der Waals surface area contributed by atoms with E-state index in [1.165, 1.54) is 4.31 Å². The number of carbonyl (C=O) groups is 2. The smallest absolute Gasteiger partial charge is 0.338 e. The fourth-order valence-electron chi connectivity index (χ4n) is 3.30. The average Bonchev–Trinajstić information content (AvgIpc) is 2.71. The summed E-state index contributed by atoms with van der Waals surface area (Å²) in [5.41, 5.74) is 2.01. The molecule has 1 aliphatic heterocycles. The number of ether oxygens (including phenoxy) is 2. The standard InChI is InChI=1S/C23H28N2O6S/c1-6-30-22(27)15-7-10-17(11-8-15)24-21(26)20-14-25(32(5,28)29)18-13-16(23(2,3)4)9-12-19(18)31-20/h7-13,20H,6,14H2,1-5H3,(H,24,26). The number of hydrogen-bond donors (Lipinski definition) is 1. The van der Waals surface area contributed by atoms with E-state index in [9.17, 15) is 18.0 Å². The Bertz CT molecular complexity index is 1120. The van der Waals surface area contributed by atoms with E-state index in [-0.39, 0.29) is 18.6 Å². The molecule has 2 aromatic carbocycles. The van der Waals surface area contributed by atoms with Gasteiger partial charge in [-0.05, 0) is 54.3 Å². The molecule has 1 amide bonds. The molecule has 9 heteroatoms. The SMILES string of the molecule is CCOC(=O)c1ccc(NC(=O)C2CN(S(C)(=O)=O)c3cc(C(C)(C)C)ccc3O2)cc1. The van der Waals surface area contributed by atoms with Crippen LogP contribution in [-0.2, 0) is 25.0 Å². The van der Waals surface area contributed by atoms with Gasteiger partial charge in [0.05, 0.1) is 30.7 Å². The van der Waals surface area contributed by atoms with Gasteiger partial charge < -0.3 is 14.8 Å². The molecule has 0 aromatic heterocycles. The summed E-state index contributed by atoms with van der Waals surface area (Å²) in [5.74, 6) is -0.614. The molecule has 0 radical (unpaired) electrons. The summed E-state index contributed by atoms with van der Waals surface area (Å²) in [7, 11) is -3.64. The maximum absolute atomic E-state index is 12.8. The van der Waals surface area contributed by atoms with E-state index in [1.54, 1.807) is 43.3 Å². The quantitative estimate of drug-likeness (QED) is 0.687. The molecule has 0 spiro atoms. The van der Waals surface area contributed by atoms with E-state index >= 15 is 0 Å². The first-order chi connectivity index (χ1) is 14.9. The van der Waals surface area contributed by atoms with Gasteiger partial charge in [-0.2, -0.15) is 0 Å². The number of sulfonamides is 1. The van der Waals surface area contributed by atoms with Crippen LogP contribution in [0.4, 0.5) is 11.4 Å². The molecule has 0 fully saturated rings. The summed E-state index contributed by atoms with van der Waals surface area (Å²) in [6.07, 6.45) is 0.0667. The molecule has 1 N–H and O–H groups in total. The minimum absolute atomic E-state index is 0.147. The third-order valence-electron chi connectivity index (χ3n) is 5.05. The molecule has 0 bridgehead atoms. The topological polar surface area (TPSA) is 102 Å². The fraction of sp³-hybridized carbons (Fsp3) is 0.391. The van der Waals surface area contributed by atoms with Crippen LogP contribution in [0.3, 0.4) is 0 Å². The largest absolute Gasteiger partial charge is 0.476 e. The molecule has 0 saturated heterocycles. The maximum Gasteiger partial charge on any atom is 0.338 e. The summed E-state index contributed by atoms with van der Waals surface area (Å²) in [6.45, 7) is 7.95. The Morgan fingerprint density at radius 2 is 1.81 bits per heavy atom. The third-order valence-corrected chi connectivity index (χ3v) is 6.20. The van der Waals surface area contributed by atoms with Crippen LogP contribution in [0.25, 0.3) is 0 Å². The van der Waals surface area contributed by atoms with Crippen molar-refractivity contribution < 1.29 is 27.5 Å². The summed E-state index contributed by atoms with van der Waals surface area (Å²) in [5, 5.41) is 2.71. The number of fused-ring (bicyclic) bond motifs is 1. The van der Waals surface area contributed by atoms with Crippen molar-refractivity contribution in [2.45, 2.75) is 39.2 Å². The maximum atomic E-state index is 12.8. The van der Waals surface area contributed by atoms with E-state index in [0.29, 0.717) is 22.7 Å². The molecule has 1 atom stereocenters. The fourth-order valence-corrected chi connectivity index (χ4v) is 4.20. The van der Waals surface area contributed by atoms with Crippen molar-refractivity contribution in [1.82, 2.24) is 0 Å². The van der Waals surface area contributed by atoms with Crippen molar-refractivity contribution in [2.24, 2.45) is 0 Å². The van der Waals surface area contributed by atoms with Crippen molar-refractivity contribution in [3.63, 3.8) is 0 Å². The summed E-state index contributed by atoms with van der Waals surface area (Å²) in [6, 6.07) is 11.6. The minimum Gasteiger partial charge on any atom is -0.476 e. The van der Waals surface area contributed by atoms with Crippen LogP contribution < -0.4 is 14.4 Å². The number of amides is 1. The van der Waals surface area contributed by atoms with Gasteiger partial charge in [-0.25, -0.2) is 13.2 Å². The number of benzene rings is 2. The first-order valence-corrected chi connectivity index (χ1v) is 12.1. The number of esters is 1. The molecule has 8 nitrogen and oxygen atoms in total. The van der Waals surface area contributed by atoms with Crippen LogP contribution in [0, 0.1) is 0 Å². The van der Waals surface area contributed by atoms with Crippen LogP contribution in [0.1, 0.15) is 43.6 Å². The number of anilines is 2. The molecule has 1 unspecified atom stereocenters. The molecule has 2 aromatic rings. The van der Waals surface area contributed by atoms with Gasteiger partial charge in [-0.1, -0.05) is 26.8 Å². The van der Waals surface area contributed by atoms with Crippen molar-refractivity contribution >= 4 is 33.3 Å². The van der Waals surface area contributed by atoms with Gasteiger partial charge in [-0.15, -0.1) is 0 Å². The van der Waals surface area contributed by atoms with Gasteiger partial charge in [0, 0.05) is 5.69 Å². The van der Waals surface area contributed by atoms with Crippen LogP contribution >= 0.6 is 0 Å². The minimum atomic E-state index is -3.64. The normalized spacial score (nSPS) is 16.0. The molecular weight excluding hydrogens is 432 g/mol. The van der Waals surface area contributed by atoms with Gasteiger partial charge in [0.1, 0.15) is 5.75 Å². The molecule has 0 saturated carbocycles. The number of rotatable bonds is 5. The third kappa shape index (κ3) is 5.21. The Labute approximate surface area is 188 Å². The second-order valence-electron chi connectivity index (χ2n) is 8.62. The lowest BCUT2D eigenvalue weighted by Gasteiger charge is -2.35. The second-order valence-corrected chi connectivity index (χ2v) is 10.5. The van der Waals surface area contributed by atoms with Crippen molar-refractivity contribution in [2.75, 3.05) is 29.0 Å². The number of hydrogen-bond acceptors (Lipinski definition) is 6. The highest BCUT2D eigenvalue weighted by atomic mass is 32.2. The van der Waals surface area contributed by atoms with Crippen LogP contribution in [0.15, 0.2) is 42.5 Å². The highest BCUT2D eigenvalue weighted by Crippen LogP contribution is 2.38. The van der Waals surface area contributed by atoms with Crippen molar-refractivity contribution in [3.05, 3.63) is 53.6 Å². The first-order valence-electron chi connectivity index (χ1n) is 10.3. The molecule has 172 valence electrons. The van der Waals surface area contributed by atoms with E-state index in [0.717, 1.165) is 11.8 Å². The van der Waals surface area contributed by atoms with E-state index in [4.69, 9.17) is 9.47 Å². The zero-order valence-corrected chi connectivity index (χ0v) is 19.7. The van der Waals surface area contributed by atoms with Crippen LogP contribution in [-0.4, -0.2) is 45.8 Å². The van der Waals surface area contributed by atoms with Gasteiger partial charge in [0.25, 0.3) is 5.91 Å². The Morgan fingerprint density at radius 3 is 2.38 bits per heavy atom. The molecular formula is C23H28N2O6S. The second kappa shape index (κ2) is 8.82. The van der Waals surface area contributed by atoms with Gasteiger partial charge >= 0.3 is 5.97 Å². The highest BCUT2D eigenvalue weighted by molar-refractivity contribution is 7.92. The van der Waals surface area contributed by atoms with Crippen LogP contribution in [0.5, 0.6) is 5.75 Å². The van der Waals surface area contributed by atoms with Crippen molar-refractivity contribution in [1.29, 1.82) is 0 Å². The van der Waals surface area contributed by atoms with Gasteiger partial charge in [0.15, 0.2) is 6.10 Å². The lowest BCUT2D eigenvalue weighted by Crippen LogP contribution is -2.48. The first kappa shape index (κ1) is 23.6. The lowest BCUT2D eigenvalue weighted by molar-refractivity contribution is -0.122. The highest BCUT2D eigenvalue weighted by Gasteiger charge is 2.36. The molecule has 1 aliphatic rings. The summed E-state index contributed by atoms with van der Waals surface area (Å²) < 4.78 is 37.0. The zero-order valence-electron chi connectivity index (χ0n) is 18.8. The number of carbonyl (C=O) groups excluding carboxylic acids is 2. The Hall–Kier alpha value is -3.07. The van der Waals surface area contributed by atoms with Crippen molar-refractivity contribution in [3.8, 4) is 5.75 Å². The number of nitrogens with one attached hydrogen (secondary N) is 1. The average molecular weight is 461 g/mol. The van der Waals surface area contributed by atoms with Crippen LogP contribution in [0.2, 0.25) is 0 Å². The molecule has 1 heterocycles. The molecule has 32 heavy (non-hydrogen) atoms. The molecule has 3 rings (SSSR count). The monoisotopic (exact) mass is 460 g/mol. The van der Waals surface area contributed by atoms with Gasteiger partial charge in [-0.3, -0.25) is 9.10 Å². The Morgan fingerprint density at radius 1 is 1.16 bits per heavy atom. The predicted octanol–water partition coefficient (Wildman–Crippen LogP) is 3.33. The van der Waals surface area contributed by atoms with E-state index < -0.39 is 28.0 Å². The van der Waals surface area contributed by atoms with E-state index in [1.807, 2.05) is 26.8 Å². The summed E-state index contributed by atoms with van der Waals surface area (Å²) >= 11 is 0. The van der Waals surface area contributed by atoms with Gasteiger partial charge in [0.2, 0.25) is 10.0 Å². The Kier molecular flexibility index (Phi) is 6.50. The Balaban J connectivity index is 1.82.